The van der Waals surface area contributed by atoms with Gasteiger partial charge in [0.2, 0.25) is 6.29 Å². The second-order valence-electron chi connectivity index (χ2n) is 12.0. The Labute approximate surface area is 238 Å². The molecule has 8 unspecified atom stereocenters. The Morgan fingerprint density at radius 2 is 1.76 bits per heavy atom. The summed E-state index contributed by atoms with van der Waals surface area (Å²) >= 11 is 6.92. The van der Waals surface area contributed by atoms with Gasteiger partial charge in [-0.3, -0.25) is 0 Å². The molecule has 0 radical (unpaired) electrons. The van der Waals surface area contributed by atoms with Crippen LogP contribution in [0.1, 0.15) is 50.2 Å². The molecule has 1 aromatic carbocycles. The first-order chi connectivity index (χ1) is 19.2. The maximum atomic E-state index is 13.6. The maximum absolute atomic E-state index is 13.6. The van der Waals surface area contributed by atoms with Gasteiger partial charge in [-0.05, 0) is 67.9 Å². The van der Waals surface area contributed by atoms with Crippen molar-refractivity contribution in [1.29, 1.82) is 0 Å². The van der Waals surface area contributed by atoms with Crippen molar-refractivity contribution in [2.24, 2.45) is 17.8 Å². The van der Waals surface area contributed by atoms with E-state index in [9.17, 15) is 38.4 Å². The van der Waals surface area contributed by atoms with Crippen LogP contribution in [0.25, 0.3) is 0 Å². The molecule has 0 aromatic heterocycles. The van der Waals surface area contributed by atoms with Crippen LogP contribution in [-0.4, -0.2) is 80.4 Å². The summed E-state index contributed by atoms with van der Waals surface area (Å²) in [6.45, 7) is 0.185. The van der Waals surface area contributed by atoms with E-state index >= 15 is 0 Å². The molecular formula is C27H32ClF3O10. The molecule has 6 fully saturated rings. The number of aryl methyl sites for hydroxylation is 1. The van der Waals surface area contributed by atoms with Crippen molar-refractivity contribution in [2.75, 3.05) is 6.61 Å². The van der Waals surface area contributed by atoms with Gasteiger partial charge in [0.15, 0.2) is 11.7 Å². The Bertz CT molecular complexity index is 1180. The highest BCUT2D eigenvalue weighted by molar-refractivity contribution is 6.24. The molecule has 41 heavy (non-hydrogen) atoms. The van der Waals surface area contributed by atoms with Crippen molar-refractivity contribution in [2.45, 2.75) is 98.6 Å². The lowest BCUT2D eigenvalue weighted by Crippen LogP contribution is -2.78. The number of rotatable bonds is 7. The number of halogens is 4. The molecule has 2 heterocycles. The van der Waals surface area contributed by atoms with E-state index in [0.29, 0.717) is 43.6 Å². The van der Waals surface area contributed by atoms with Crippen molar-refractivity contribution in [3.8, 4) is 5.75 Å². The summed E-state index contributed by atoms with van der Waals surface area (Å²) in [6, 6.07) is 4.59. The summed E-state index contributed by atoms with van der Waals surface area (Å²) in [4.78, 5) is 22.5. The van der Waals surface area contributed by atoms with Gasteiger partial charge in [-0.15, -0.1) is 11.6 Å². The fraction of sp³-hybridized carbons (Fsp3) is 0.741. The third kappa shape index (κ3) is 4.55. The number of ether oxygens (including phenoxy) is 3. The largest absolute Gasteiger partial charge is 0.479 e. The molecule has 7 rings (SSSR count). The molecule has 10 nitrogen and oxygen atoms in total. The van der Waals surface area contributed by atoms with E-state index in [1.807, 2.05) is 0 Å². The van der Waals surface area contributed by atoms with Crippen LogP contribution in [0.2, 0.25) is 0 Å². The van der Waals surface area contributed by atoms with Crippen LogP contribution in [0.5, 0.6) is 5.75 Å². The van der Waals surface area contributed by atoms with E-state index in [1.165, 1.54) is 6.07 Å². The minimum Gasteiger partial charge on any atom is -0.479 e. The number of alkyl halides is 4. The van der Waals surface area contributed by atoms with Gasteiger partial charge in [-0.25, -0.2) is 9.68 Å². The number of hydrogen-bond donors (Lipinski definition) is 4. The Kier molecular flexibility index (Phi) is 7.10. The summed E-state index contributed by atoms with van der Waals surface area (Å²) in [5.41, 5.74) is -0.507. The molecule has 1 spiro atoms. The lowest BCUT2D eigenvalue weighted by Gasteiger charge is -2.70. The number of carboxylic acid groups (broad SMARTS) is 1. The number of hydrogen-bond acceptors (Lipinski definition) is 9. The monoisotopic (exact) mass is 608 g/mol. The van der Waals surface area contributed by atoms with Crippen molar-refractivity contribution < 1.29 is 62.4 Å². The summed E-state index contributed by atoms with van der Waals surface area (Å²) in [6.07, 6.45) is -10.2. The van der Waals surface area contributed by atoms with Gasteiger partial charge in [-0.2, -0.15) is 18.1 Å². The highest BCUT2D eigenvalue weighted by Gasteiger charge is 2.78. The van der Waals surface area contributed by atoms with Crippen LogP contribution in [-0.2, 0) is 36.3 Å². The number of carbonyl (C=O) groups is 1. The number of carboxylic acids is 1. The molecule has 1 aromatic rings. The van der Waals surface area contributed by atoms with Gasteiger partial charge in [-0.1, -0.05) is 19.1 Å². The standard InChI is InChI=1S/C27H32ClF3O10/c1-2-13-3-4-14(7-17(13)38-23-20(34)18(32)19(33)21(39-23)22(35)36)27(37-11-25(29,30)31)26(40-41-27)15-5-12-6-16(26)10-24(28,8-12)9-15/h3-4,7,12,15-16,18-21,23,32-34H,2,5-6,8-11H2,1H3,(H,35,36). The molecule has 4 aliphatic carbocycles. The fourth-order valence-corrected chi connectivity index (χ4v) is 8.46. The molecule has 8 atom stereocenters. The Balaban J connectivity index is 1.38. The predicted octanol–water partition coefficient (Wildman–Crippen LogP) is 2.77. The topological polar surface area (TPSA) is 144 Å². The Morgan fingerprint density at radius 3 is 2.29 bits per heavy atom. The molecule has 4 N–H and O–H groups in total. The van der Waals surface area contributed by atoms with E-state index in [0.717, 1.165) is 6.42 Å². The zero-order chi connectivity index (χ0) is 29.5. The van der Waals surface area contributed by atoms with Crippen LogP contribution >= 0.6 is 11.6 Å². The molecule has 228 valence electrons. The molecule has 14 heteroatoms. The average molecular weight is 609 g/mol. The average Bonchev–Trinajstić information content (AvgIpc) is 2.87. The summed E-state index contributed by atoms with van der Waals surface area (Å²) in [7, 11) is 0. The third-order valence-electron chi connectivity index (χ3n) is 9.46. The summed E-state index contributed by atoms with van der Waals surface area (Å²) in [5, 5.41) is 40.1. The second kappa shape index (κ2) is 9.91. The van der Waals surface area contributed by atoms with Gasteiger partial charge in [0.25, 0.3) is 5.79 Å². The highest BCUT2D eigenvalue weighted by Crippen LogP contribution is 2.71. The summed E-state index contributed by atoms with van der Waals surface area (Å²) < 4.78 is 57.4. The van der Waals surface area contributed by atoms with Crippen LogP contribution in [0.4, 0.5) is 13.2 Å². The zero-order valence-electron chi connectivity index (χ0n) is 22.1. The first kappa shape index (κ1) is 29.4. The van der Waals surface area contributed by atoms with Crippen molar-refractivity contribution in [3.05, 3.63) is 29.3 Å². The smallest absolute Gasteiger partial charge is 0.411 e. The Hall–Kier alpha value is -1.71. The normalized spacial score (nSPS) is 45.1. The second-order valence-corrected chi connectivity index (χ2v) is 12.8. The van der Waals surface area contributed by atoms with E-state index in [2.05, 4.69) is 0 Å². The molecule has 2 saturated heterocycles. The predicted molar refractivity (Wildman–Crippen MR) is 131 cm³/mol. The van der Waals surface area contributed by atoms with E-state index in [-0.39, 0.29) is 23.1 Å². The Morgan fingerprint density at radius 1 is 1.07 bits per heavy atom. The van der Waals surface area contributed by atoms with Gasteiger partial charge in [0.05, 0.1) is 0 Å². The number of aliphatic hydroxyl groups excluding tert-OH is 3. The minimum atomic E-state index is -4.67. The SMILES string of the molecule is CCc1ccc(C2(OCC(F)(F)F)OOC23C2CC4CC3CC(Cl)(C4)C2)cc1OC1OC(C(=O)O)C(O)C(O)C1O. The van der Waals surface area contributed by atoms with E-state index in [4.69, 9.17) is 35.6 Å². The van der Waals surface area contributed by atoms with Crippen molar-refractivity contribution >= 4 is 17.6 Å². The number of aliphatic hydroxyl groups is 3. The third-order valence-corrected chi connectivity index (χ3v) is 9.93. The van der Waals surface area contributed by atoms with Gasteiger partial charge in [0, 0.05) is 10.4 Å². The number of benzene rings is 1. The molecule has 2 aliphatic heterocycles. The minimum absolute atomic E-state index is 0.0417. The van der Waals surface area contributed by atoms with Gasteiger partial charge < -0.3 is 34.6 Å². The van der Waals surface area contributed by atoms with Crippen LogP contribution in [0.3, 0.4) is 0 Å². The van der Waals surface area contributed by atoms with Crippen LogP contribution in [0.15, 0.2) is 18.2 Å². The van der Waals surface area contributed by atoms with Crippen molar-refractivity contribution in [1.82, 2.24) is 0 Å². The molecule has 6 aliphatic rings. The van der Waals surface area contributed by atoms with Gasteiger partial charge >= 0.3 is 12.1 Å². The first-order valence-corrected chi connectivity index (χ1v) is 14.1. The molecule has 4 saturated carbocycles. The quantitative estimate of drug-likeness (QED) is 0.269. The fourth-order valence-electron chi connectivity index (χ4n) is 7.87. The van der Waals surface area contributed by atoms with E-state index < -0.39 is 65.7 Å². The zero-order valence-corrected chi connectivity index (χ0v) is 22.8. The molecular weight excluding hydrogens is 577 g/mol. The van der Waals surface area contributed by atoms with E-state index in [1.54, 1.807) is 19.1 Å². The van der Waals surface area contributed by atoms with Crippen LogP contribution in [0, 0.1) is 17.8 Å². The molecule has 4 bridgehead atoms. The summed E-state index contributed by atoms with van der Waals surface area (Å²) in [5.74, 6) is -3.61. The number of aliphatic carboxylic acids is 1. The van der Waals surface area contributed by atoms with Gasteiger partial charge in [0.1, 0.15) is 30.7 Å². The van der Waals surface area contributed by atoms with Crippen molar-refractivity contribution in [3.63, 3.8) is 0 Å². The molecule has 0 amide bonds. The maximum Gasteiger partial charge on any atom is 0.411 e. The first-order valence-electron chi connectivity index (χ1n) is 13.7. The highest BCUT2D eigenvalue weighted by atomic mass is 35.5. The van der Waals surface area contributed by atoms with Crippen LogP contribution < -0.4 is 4.74 Å². The lowest BCUT2D eigenvalue weighted by atomic mass is 9.46. The lowest BCUT2D eigenvalue weighted by molar-refractivity contribution is -0.650.